The van der Waals surface area contributed by atoms with Crippen molar-refractivity contribution in [3.05, 3.63) is 71.0 Å². The van der Waals surface area contributed by atoms with E-state index in [2.05, 4.69) is 15.4 Å². The molecule has 28 heavy (non-hydrogen) atoms. The molecule has 8 heteroatoms. The highest BCUT2D eigenvalue weighted by Crippen LogP contribution is 2.23. The zero-order valence-corrected chi connectivity index (χ0v) is 15.9. The molecule has 142 valence electrons. The molecule has 0 unspecified atom stereocenters. The summed E-state index contributed by atoms with van der Waals surface area (Å²) in [6.45, 7) is 0.428. The summed E-state index contributed by atoms with van der Waals surface area (Å²) in [6, 6.07) is 13.5. The van der Waals surface area contributed by atoms with Gasteiger partial charge >= 0.3 is 0 Å². The molecule has 0 fully saturated rings. The van der Waals surface area contributed by atoms with Crippen LogP contribution in [0.2, 0.25) is 0 Å². The molecule has 0 radical (unpaired) electrons. The minimum Gasteiger partial charge on any atom is -0.496 e. The molecular weight excluding hydrogens is 379 g/mol. The molecule has 0 spiro atoms. The molecule has 0 aliphatic heterocycles. The van der Waals surface area contributed by atoms with Gasteiger partial charge in [0, 0.05) is 18.3 Å². The van der Waals surface area contributed by atoms with E-state index < -0.39 is 0 Å². The van der Waals surface area contributed by atoms with Gasteiger partial charge in [-0.1, -0.05) is 24.3 Å². The van der Waals surface area contributed by atoms with Crippen molar-refractivity contribution in [1.82, 2.24) is 19.9 Å². The van der Waals surface area contributed by atoms with Crippen LogP contribution in [-0.4, -0.2) is 34.2 Å². The number of aromatic nitrogens is 3. The second-order valence-electron chi connectivity index (χ2n) is 6.04. The molecule has 0 aliphatic rings. The number of carbonyl (C=O) groups is 1. The predicted molar refractivity (Wildman–Crippen MR) is 105 cm³/mol. The lowest BCUT2D eigenvalue weighted by Gasteiger charge is -2.08. The second-order valence-corrected chi connectivity index (χ2v) is 6.88. The van der Waals surface area contributed by atoms with Crippen LogP contribution < -0.4 is 10.1 Å². The Morgan fingerprint density at radius 3 is 2.82 bits per heavy atom. The van der Waals surface area contributed by atoms with Crippen molar-refractivity contribution in [2.24, 2.45) is 0 Å². The largest absolute Gasteiger partial charge is 0.496 e. The first kappa shape index (κ1) is 18.1. The van der Waals surface area contributed by atoms with E-state index in [9.17, 15) is 9.18 Å². The number of halogens is 1. The van der Waals surface area contributed by atoms with Crippen LogP contribution in [0.25, 0.3) is 16.3 Å². The highest BCUT2D eigenvalue weighted by atomic mass is 32.1. The summed E-state index contributed by atoms with van der Waals surface area (Å²) in [5.74, 6) is 0.328. The summed E-state index contributed by atoms with van der Waals surface area (Å²) >= 11 is 1.43. The van der Waals surface area contributed by atoms with Crippen LogP contribution in [0.3, 0.4) is 0 Å². The van der Waals surface area contributed by atoms with Gasteiger partial charge in [0.15, 0.2) is 5.82 Å². The van der Waals surface area contributed by atoms with Crippen molar-refractivity contribution in [3.63, 3.8) is 0 Å². The smallest absolute Gasteiger partial charge is 0.255 e. The Morgan fingerprint density at radius 2 is 2.00 bits per heavy atom. The van der Waals surface area contributed by atoms with Gasteiger partial charge in [-0.3, -0.25) is 4.79 Å². The third-order valence-corrected chi connectivity index (χ3v) is 5.15. The molecule has 4 rings (SSSR count). The Morgan fingerprint density at radius 1 is 1.21 bits per heavy atom. The molecule has 2 aromatic heterocycles. The van der Waals surface area contributed by atoms with Crippen LogP contribution in [-0.2, 0) is 6.42 Å². The second kappa shape index (κ2) is 7.77. The third kappa shape index (κ3) is 3.46. The van der Waals surface area contributed by atoms with E-state index in [0.29, 0.717) is 40.6 Å². The number of hydrogen-bond acceptors (Lipinski definition) is 5. The lowest BCUT2D eigenvalue weighted by molar-refractivity contribution is 0.0951. The van der Waals surface area contributed by atoms with Crippen LogP contribution in [0, 0.1) is 5.82 Å². The zero-order chi connectivity index (χ0) is 19.5. The molecule has 0 saturated carbocycles. The number of thiazole rings is 1. The molecular formula is C20H17FN4O2S. The molecule has 4 aromatic rings. The number of carbonyl (C=O) groups excluding carboxylic acids is 1. The fourth-order valence-corrected chi connectivity index (χ4v) is 3.74. The molecule has 1 amide bonds. The van der Waals surface area contributed by atoms with E-state index in [1.165, 1.54) is 24.5 Å². The molecule has 0 aliphatic carbocycles. The number of nitrogens with zero attached hydrogens (tertiary/aromatic N) is 3. The van der Waals surface area contributed by atoms with E-state index in [0.717, 1.165) is 5.69 Å². The summed E-state index contributed by atoms with van der Waals surface area (Å²) < 4.78 is 20.9. The first-order valence-corrected chi connectivity index (χ1v) is 9.54. The van der Waals surface area contributed by atoms with Gasteiger partial charge in [-0.05, 0) is 24.3 Å². The van der Waals surface area contributed by atoms with Crippen molar-refractivity contribution >= 4 is 22.2 Å². The van der Waals surface area contributed by atoms with E-state index in [1.54, 1.807) is 40.9 Å². The van der Waals surface area contributed by atoms with Crippen LogP contribution in [0.5, 0.6) is 5.75 Å². The standard InChI is InChI=1S/C20H17FN4O2S/c1-27-17-9-5-3-7-15(17)19(26)22-11-10-13-12-28-20-23-18(24-25(13)20)14-6-2-4-8-16(14)21/h2-9,12H,10-11H2,1H3,(H,22,26). The fourth-order valence-electron chi connectivity index (χ4n) is 2.88. The summed E-state index contributed by atoms with van der Waals surface area (Å²) in [7, 11) is 1.53. The number of rotatable bonds is 6. The Bertz CT molecular complexity index is 1140. The molecule has 6 nitrogen and oxygen atoms in total. The van der Waals surface area contributed by atoms with Gasteiger partial charge in [-0.15, -0.1) is 16.4 Å². The van der Waals surface area contributed by atoms with Crippen LogP contribution in [0.15, 0.2) is 53.9 Å². The predicted octanol–water partition coefficient (Wildman–Crippen LogP) is 3.58. The van der Waals surface area contributed by atoms with E-state index in [1.807, 2.05) is 11.4 Å². The Hall–Kier alpha value is -3.26. The average Bonchev–Trinajstić information content (AvgIpc) is 3.30. The summed E-state index contributed by atoms with van der Waals surface area (Å²) in [5, 5.41) is 9.26. The normalized spacial score (nSPS) is 10.9. The highest BCUT2D eigenvalue weighted by molar-refractivity contribution is 7.15. The highest BCUT2D eigenvalue weighted by Gasteiger charge is 2.15. The quantitative estimate of drug-likeness (QED) is 0.541. The number of nitrogens with one attached hydrogen (secondary N) is 1. The van der Waals surface area contributed by atoms with Crippen molar-refractivity contribution in [2.45, 2.75) is 6.42 Å². The van der Waals surface area contributed by atoms with Gasteiger partial charge in [0.05, 0.1) is 23.9 Å². The van der Waals surface area contributed by atoms with Crippen molar-refractivity contribution in [3.8, 4) is 17.1 Å². The minimum absolute atomic E-state index is 0.199. The van der Waals surface area contributed by atoms with Crippen molar-refractivity contribution < 1.29 is 13.9 Å². The third-order valence-electron chi connectivity index (χ3n) is 4.28. The zero-order valence-electron chi connectivity index (χ0n) is 15.1. The molecule has 0 bridgehead atoms. The van der Waals surface area contributed by atoms with E-state index in [4.69, 9.17) is 4.74 Å². The van der Waals surface area contributed by atoms with Crippen molar-refractivity contribution in [1.29, 1.82) is 0 Å². The van der Waals surface area contributed by atoms with Gasteiger partial charge in [-0.2, -0.15) is 4.98 Å². The monoisotopic (exact) mass is 396 g/mol. The summed E-state index contributed by atoms with van der Waals surface area (Å²) in [6.07, 6.45) is 0.570. The first-order valence-electron chi connectivity index (χ1n) is 8.66. The van der Waals surface area contributed by atoms with Gasteiger partial charge < -0.3 is 10.1 Å². The van der Waals surface area contributed by atoms with Crippen LogP contribution in [0.1, 0.15) is 16.1 Å². The van der Waals surface area contributed by atoms with Crippen molar-refractivity contribution in [2.75, 3.05) is 13.7 Å². The van der Waals surface area contributed by atoms with Crippen LogP contribution in [0.4, 0.5) is 4.39 Å². The Kier molecular flexibility index (Phi) is 5.03. The number of fused-ring (bicyclic) bond motifs is 1. The number of amides is 1. The molecule has 0 atom stereocenters. The van der Waals surface area contributed by atoms with Gasteiger partial charge in [-0.25, -0.2) is 8.91 Å². The number of para-hydroxylation sites is 1. The lowest BCUT2D eigenvalue weighted by atomic mass is 10.2. The molecule has 1 N–H and O–H groups in total. The summed E-state index contributed by atoms with van der Waals surface area (Å²) in [5.41, 5.74) is 1.76. The fraction of sp³-hybridized carbons (Fsp3) is 0.150. The lowest BCUT2D eigenvalue weighted by Crippen LogP contribution is -2.26. The van der Waals surface area contributed by atoms with Crippen LogP contribution >= 0.6 is 11.3 Å². The van der Waals surface area contributed by atoms with Gasteiger partial charge in [0.2, 0.25) is 4.96 Å². The summed E-state index contributed by atoms with van der Waals surface area (Å²) in [4.78, 5) is 17.5. The van der Waals surface area contributed by atoms with E-state index in [-0.39, 0.29) is 11.7 Å². The molecule has 2 aromatic carbocycles. The maximum absolute atomic E-state index is 14.0. The first-order chi connectivity index (χ1) is 13.7. The molecule has 0 saturated heterocycles. The maximum atomic E-state index is 14.0. The topological polar surface area (TPSA) is 68.5 Å². The van der Waals surface area contributed by atoms with Gasteiger partial charge in [0.25, 0.3) is 5.91 Å². The number of benzene rings is 2. The number of hydrogen-bond donors (Lipinski definition) is 1. The Labute approximate surface area is 164 Å². The number of ether oxygens (including phenoxy) is 1. The average molecular weight is 396 g/mol. The molecule has 2 heterocycles. The number of methoxy groups -OCH3 is 1. The SMILES string of the molecule is COc1ccccc1C(=O)NCCc1csc2nc(-c3ccccc3F)nn12. The van der Waals surface area contributed by atoms with Gasteiger partial charge in [0.1, 0.15) is 11.6 Å². The Balaban J connectivity index is 1.47. The van der Waals surface area contributed by atoms with E-state index >= 15 is 0 Å². The minimum atomic E-state index is -0.355. The maximum Gasteiger partial charge on any atom is 0.255 e.